The smallest absolute Gasteiger partial charge is 0.155 e. The summed E-state index contributed by atoms with van der Waals surface area (Å²) in [4.78, 5) is 20.8. The molecule has 0 saturated carbocycles. The van der Waals surface area contributed by atoms with Crippen LogP contribution in [0.3, 0.4) is 0 Å². The molecule has 12 heavy (non-hydrogen) atoms. The molecule has 0 amide bonds. The van der Waals surface area contributed by atoms with Crippen molar-refractivity contribution in [2.75, 3.05) is 13.2 Å². The third-order valence-corrected chi connectivity index (χ3v) is 1.32. The molecule has 0 spiro atoms. The van der Waals surface area contributed by atoms with Crippen molar-refractivity contribution in [3.63, 3.8) is 0 Å². The molecule has 66 valence electrons. The fourth-order valence-electron chi connectivity index (χ4n) is 0.707. The number of carbonyl (C=O) groups excluding carboxylic acids is 1. The summed E-state index contributed by atoms with van der Waals surface area (Å²) < 4.78 is 5.06. The number of ether oxygens (including phenoxy) is 1. The first-order valence-corrected chi connectivity index (χ1v) is 3.89. The monoisotopic (exact) mass is 169 g/mol. The van der Waals surface area contributed by atoms with Crippen LogP contribution < -0.4 is 0 Å². The molecule has 0 N–H and O–H groups in total. The molecule has 0 fully saturated rings. The molecule has 4 nitrogen and oxygen atoms in total. The Morgan fingerprint density at radius 3 is 2.75 bits per heavy atom. The van der Waals surface area contributed by atoms with Crippen molar-refractivity contribution >= 4 is 13.6 Å². The largest absolute Gasteiger partial charge is 0.368 e. The maximum absolute atomic E-state index is 11.0. The highest BCUT2D eigenvalue weighted by Gasteiger charge is 2.16. The van der Waals surface area contributed by atoms with E-state index in [2.05, 4.69) is 5.18 Å². The van der Waals surface area contributed by atoms with Gasteiger partial charge in [0.25, 0.3) is 0 Å². The van der Waals surface area contributed by atoms with Gasteiger partial charge in [-0.1, -0.05) is 12.1 Å². The van der Waals surface area contributed by atoms with Crippen molar-refractivity contribution < 1.29 is 9.53 Å². The number of hydrogen-bond donors (Lipinski definition) is 0. The summed E-state index contributed by atoms with van der Waals surface area (Å²) in [6.07, 6.45) is -0.0515. The zero-order valence-corrected chi connectivity index (χ0v) is 7.16. The zero-order valence-electron chi connectivity index (χ0n) is 7.16. The van der Waals surface area contributed by atoms with Gasteiger partial charge in [0.1, 0.15) is 12.6 Å². The maximum Gasteiger partial charge on any atom is 0.155 e. The lowest BCUT2D eigenvalue weighted by molar-refractivity contribution is -0.127. The molecule has 0 saturated heterocycles. The molecular formula is C7H12BNO3. The van der Waals surface area contributed by atoms with Crippen LogP contribution in [0.15, 0.2) is 5.18 Å². The van der Waals surface area contributed by atoms with Gasteiger partial charge in [-0.3, -0.25) is 4.79 Å². The summed E-state index contributed by atoms with van der Waals surface area (Å²) in [6, 6.07) is 0. The molecule has 0 aromatic rings. The molecule has 0 aliphatic rings. The predicted molar refractivity (Wildman–Crippen MR) is 46.3 cm³/mol. The molecule has 0 heterocycles. The van der Waals surface area contributed by atoms with Crippen molar-refractivity contribution in [3.8, 4) is 0 Å². The number of hydrogen-bond acceptors (Lipinski definition) is 4. The van der Waals surface area contributed by atoms with Crippen LogP contribution in [0.5, 0.6) is 0 Å². The minimum Gasteiger partial charge on any atom is -0.368 e. The second kappa shape index (κ2) is 6.97. The Labute approximate surface area is 73.1 Å². The first-order chi connectivity index (χ1) is 5.76. The third-order valence-electron chi connectivity index (χ3n) is 1.32. The molecule has 5 heteroatoms. The molecule has 0 aromatic heterocycles. The lowest BCUT2D eigenvalue weighted by Crippen LogP contribution is -2.27. The van der Waals surface area contributed by atoms with Crippen LogP contribution in [0.2, 0.25) is 6.32 Å². The summed E-state index contributed by atoms with van der Waals surface area (Å²) >= 11 is 0. The molecular weight excluding hydrogens is 157 g/mol. The molecule has 0 bridgehead atoms. The lowest BCUT2D eigenvalue weighted by atomic mass is 9.97. The third kappa shape index (κ3) is 4.23. The highest BCUT2D eigenvalue weighted by Crippen LogP contribution is 1.99. The van der Waals surface area contributed by atoms with E-state index in [0.29, 0.717) is 6.61 Å². The predicted octanol–water partition coefficient (Wildman–Crippen LogP) is 0.704. The second-order valence-corrected chi connectivity index (χ2v) is 2.34. The average molecular weight is 169 g/mol. The average Bonchev–Trinajstić information content (AvgIpc) is 2.11. The van der Waals surface area contributed by atoms with Crippen LogP contribution in [0.1, 0.15) is 13.3 Å². The lowest BCUT2D eigenvalue weighted by Gasteiger charge is -2.11. The maximum atomic E-state index is 11.0. The summed E-state index contributed by atoms with van der Waals surface area (Å²) in [5.74, 6) is -0.275. The SMILES string of the molecule is [B]CC(=O)C(CN=O)OCCC. The van der Waals surface area contributed by atoms with Crippen LogP contribution in [0.25, 0.3) is 0 Å². The van der Waals surface area contributed by atoms with Gasteiger partial charge in [-0.05, 0) is 12.7 Å². The van der Waals surface area contributed by atoms with Gasteiger partial charge in [-0.2, -0.15) is 4.91 Å². The Morgan fingerprint density at radius 1 is 1.67 bits per heavy atom. The Morgan fingerprint density at radius 2 is 2.33 bits per heavy atom. The van der Waals surface area contributed by atoms with E-state index in [-0.39, 0.29) is 18.6 Å². The van der Waals surface area contributed by atoms with Crippen LogP contribution in [-0.2, 0) is 9.53 Å². The number of Topliss-reactive ketones (excluding diaryl/α,β-unsaturated/α-hetero) is 1. The van der Waals surface area contributed by atoms with Gasteiger partial charge >= 0.3 is 0 Å². The van der Waals surface area contributed by atoms with Crippen LogP contribution in [0.4, 0.5) is 0 Å². The van der Waals surface area contributed by atoms with Crippen LogP contribution in [0, 0.1) is 4.91 Å². The zero-order chi connectivity index (χ0) is 9.40. The van der Waals surface area contributed by atoms with E-state index in [4.69, 9.17) is 12.6 Å². The summed E-state index contributed by atoms with van der Waals surface area (Å²) in [5, 5.41) is 2.61. The van der Waals surface area contributed by atoms with E-state index in [0.717, 1.165) is 6.42 Å². The van der Waals surface area contributed by atoms with Gasteiger partial charge in [0.2, 0.25) is 0 Å². The van der Waals surface area contributed by atoms with Gasteiger partial charge in [0.15, 0.2) is 5.78 Å². The summed E-state index contributed by atoms with van der Waals surface area (Å²) in [5.41, 5.74) is 0. The molecule has 1 unspecified atom stereocenters. The number of nitroso groups, excluding NO2 is 1. The molecule has 0 aromatic carbocycles. The molecule has 0 rings (SSSR count). The van der Waals surface area contributed by atoms with E-state index >= 15 is 0 Å². The van der Waals surface area contributed by atoms with Crippen molar-refractivity contribution in [3.05, 3.63) is 4.91 Å². The number of rotatable bonds is 7. The molecule has 0 aliphatic carbocycles. The topological polar surface area (TPSA) is 55.7 Å². The second-order valence-electron chi connectivity index (χ2n) is 2.34. The highest BCUT2D eigenvalue weighted by molar-refractivity contribution is 6.21. The number of ketones is 1. The molecule has 0 aliphatic heterocycles. The minimum absolute atomic E-state index is 0.107. The Balaban J connectivity index is 3.84. The first-order valence-electron chi connectivity index (χ1n) is 3.89. The molecule has 1 atom stereocenters. The van der Waals surface area contributed by atoms with Crippen molar-refractivity contribution in [1.29, 1.82) is 0 Å². The Bertz CT molecular complexity index is 152. The van der Waals surface area contributed by atoms with Crippen LogP contribution >= 0.6 is 0 Å². The quantitative estimate of drug-likeness (QED) is 0.416. The highest BCUT2D eigenvalue weighted by atomic mass is 16.5. The van der Waals surface area contributed by atoms with E-state index in [9.17, 15) is 9.70 Å². The van der Waals surface area contributed by atoms with Crippen molar-refractivity contribution in [2.45, 2.75) is 25.8 Å². The Hall–Kier alpha value is -0.705. The van der Waals surface area contributed by atoms with Gasteiger partial charge in [-0.25, -0.2) is 0 Å². The minimum atomic E-state index is -0.743. The molecule has 2 radical (unpaired) electrons. The summed E-state index contributed by atoms with van der Waals surface area (Å²) in [6.45, 7) is 2.22. The van der Waals surface area contributed by atoms with Crippen molar-refractivity contribution in [2.24, 2.45) is 5.18 Å². The van der Waals surface area contributed by atoms with E-state index in [1.54, 1.807) is 0 Å². The number of nitrogens with zero attached hydrogens (tertiary/aromatic N) is 1. The Kier molecular flexibility index (Phi) is 6.56. The van der Waals surface area contributed by atoms with Gasteiger partial charge in [0.05, 0.1) is 7.85 Å². The van der Waals surface area contributed by atoms with Gasteiger partial charge < -0.3 is 4.74 Å². The standard InChI is InChI=1S/C7H12BNO3/c1-2-3-12-7(5-9-11)6(10)4-8/h7H,2-5H2,1H3. The fourth-order valence-corrected chi connectivity index (χ4v) is 0.707. The van der Waals surface area contributed by atoms with E-state index < -0.39 is 6.10 Å². The number of carbonyl (C=O) groups is 1. The fraction of sp³-hybridized carbons (Fsp3) is 0.857. The van der Waals surface area contributed by atoms with E-state index in [1.807, 2.05) is 6.92 Å². The normalized spacial score (nSPS) is 12.4. The van der Waals surface area contributed by atoms with Gasteiger partial charge in [-0.15, -0.1) is 0 Å². The van der Waals surface area contributed by atoms with E-state index in [1.165, 1.54) is 0 Å². The van der Waals surface area contributed by atoms with Crippen molar-refractivity contribution in [1.82, 2.24) is 0 Å². The first kappa shape index (κ1) is 11.3. The van der Waals surface area contributed by atoms with Crippen LogP contribution in [-0.4, -0.2) is 32.9 Å². The van der Waals surface area contributed by atoms with Gasteiger partial charge in [0, 0.05) is 6.61 Å². The summed E-state index contributed by atoms with van der Waals surface area (Å²) in [7, 11) is 5.10.